The first kappa shape index (κ1) is 53.5. The molecule has 0 saturated carbocycles. The van der Waals surface area contributed by atoms with E-state index >= 15 is 13.2 Å². The summed E-state index contributed by atoms with van der Waals surface area (Å²) in [5.74, 6) is -2.80. The van der Waals surface area contributed by atoms with Gasteiger partial charge in [0.2, 0.25) is 17.7 Å². The Morgan fingerprint density at radius 2 is 1.63 bits per heavy atom. The summed E-state index contributed by atoms with van der Waals surface area (Å²) in [5, 5.41) is 17.4. The predicted molar refractivity (Wildman–Crippen MR) is 269 cm³/mol. The van der Waals surface area contributed by atoms with E-state index in [-0.39, 0.29) is 75.2 Å². The van der Waals surface area contributed by atoms with Crippen LogP contribution < -0.4 is 15.4 Å². The number of amides is 3. The van der Waals surface area contributed by atoms with Gasteiger partial charge in [-0.15, -0.1) is 11.3 Å². The van der Waals surface area contributed by atoms with Crippen LogP contribution in [-0.4, -0.2) is 119 Å². The van der Waals surface area contributed by atoms with Gasteiger partial charge in [-0.05, 0) is 88.5 Å². The molecule has 2 aromatic heterocycles. The standard InChI is InChI=1S/C54H69F3N6O7S/c1-32-24-40-39-14-10-11-15-43(39)60-47(40)48(63(32)30-54(7,8)57)46-41(55)26-38(27-42(46)56)70-21-13-9-12-20-68-22-23-69-29-45(65)61-50(53(4,5)6)52(67)62-28-37(64)25-44(62)51(66)59-33(2)35-16-18-36(19-17-35)49-34(3)58-31-71-49/h10-11,14-19,26-27,31-33,37,44,48,50,60,64H,9,12-13,20-25,28-30H2,1-8H3,(H,59,66)(H,61,65)/t32-,33+,37-,44+,48-,50-/m1/s1. The maximum absolute atomic E-state index is 16.0. The Morgan fingerprint density at radius 3 is 2.31 bits per heavy atom. The van der Waals surface area contributed by atoms with Crippen LogP contribution in [0.15, 0.2) is 66.2 Å². The molecule has 3 aromatic carbocycles. The van der Waals surface area contributed by atoms with Crippen LogP contribution >= 0.6 is 11.3 Å². The average molecular weight is 1000 g/mol. The maximum Gasteiger partial charge on any atom is 0.246 e. The third kappa shape index (κ3) is 13.2. The topological polar surface area (TPSA) is 158 Å². The number of fused-ring (bicyclic) bond motifs is 3. The van der Waals surface area contributed by atoms with Crippen molar-refractivity contribution in [2.24, 2.45) is 5.41 Å². The zero-order valence-corrected chi connectivity index (χ0v) is 42.9. The molecular formula is C54H69F3N6O7S. The fourth-order valence-electron chi connectivity index (χ4n) is 9.68. The number of nitrogens with one attached hydrogen (secondary N) is 3. The van der Waals surface area contributed by atoms with Crippen LogP contribution in [0, 0.1) is 24.0 Å². The number of alkyl halides is 1. The number of hydrogen-bond acceptors (Lipinski definition) is 10. The Balaban J connectivity index is 0.815. The molecule has 0 bridgehead atoms. The number of benzene rings is 3. The van der Waals surface area contributed by atoms with E-state index in [9.17, 15) is 19.5 Å². The lowest BCUT2D eigenvalue weighted by Gasteiger charge is -2.43. The highest BCUT2D eigenvalue weighted by molar-refractivity contribution is 7.13. The third-order valence-electron chi connectivity index (χ3n) is 13.3. The van der Waals surface area contributed by atoms with Crippen LogP contribution in [0.4, 0.5) is 13.2 Å². The van der Waals surface area contributed by atoms with Gasteiger partial charge < -0.3 is 39.8 Å². The number of aliphatic hydroxyl groups is 1. The van der Waals surface area contributed by atoms with Gasteiger partial charge in [-0.1, -0.05) is 63.2 Å². The minimum atomic E-state index is -1.60. The Kier molecular flexibility index (Phi) is 17.4. The Labute approximate surface area is 418 Å². The molecule has 5 aromatic rings. The summed E-state index contributed by atoms with van der Waals surface area (Å²) in [4.78, 5) is 52.8. The maximum atomic E-state index is 16.0. The molecule has 0 spiro atoms. The van der Waals surface area contributed by atoms with Crippen molar-refractivity contribution in [3.8, 4) is 16.2 Å². The molecule has 13 nitrogen and oxygen atoms in total. The van der Waals surface area contributed by atoms with E-state index in [2.05, 4.69) is 20.6 Å². The molecular weight excluding hydrogens is 934 g/mol. The van der Waals surface area contributed by atoms with E-state index < -0.39 is 58.8 Å². The van der Waals surface area contributed by atoms with Crippen molar-refractivity contribution in [1.29, 1.82) is 0 Å². The summed E-state index contributed by atoms with van der Waals surface area (Å²) >= 11 is 1.56. The second kappa shape index (κ2) is 23.0. The lowest BCUT2D eigenvalue weighted by molar-refractivity contribution is -0.144. The number of aromatic amines is 1. The number of carbonyl (C=O) groups excluding carboxylic acids is 3. The van der Waals surface area contributed by atoms with E-state index in [1.54, 1.807) is 16.8 Å². The molecule has 4 heterocycles. The molecule has 71 heavy (non-hydrogen) atoms. The number of rotatable bonds is 21. The van der Waals surface area contributed by atoms with Gasteiger partial charge in [0.25, 0.3) is 0 Å². The van der Waals surface area contributed by atoms with Crippen LogP contribution in [0.5, 0.6) is 5.75 Å². The lowest BCUT2D eigenvalue weighted by atomic mass is 9.85. The highest BCUT2D eigenvalue weighted by Crippen LogP contribution is 2.44. The van der Waals surface area contributed by atoms with Gasteiger partial charge in [-0.2, -0.15) is 0 Å². The zero-order chi connectivity index (χ0) is 51.2. The first-order valence-corrected chi connectivity index (χ1v) is 25.5. The number of aromatic nitrogens is 2. The van der Waals surface area contributed by atoms with E-state index in [1.807, 2.05) is 95.0 Å². The van der Waals surface area contributed by atoms with Crippen molar-refractivity contribution in [3.05, 3.63) is 106 Å². The first-order chi connectivity index (χ1) is 33.7. The fourth-order valence-corrected chi connectivity index (χ4v) is 10.5. The van der Waals surface area contributed by atoms with Crippen molar-refractivity contribution in [1.82, 2.24) is 30.4 Å². The van der Waals surface area contributed by atoms with Crippen molar-refractivity contribution >= 4 is 40.0 Å². The number of nitrogens with zero attached hydrogens (tertiary/aromatic N) is 3. The molecule has 1 fully saturated rings. The Bertz CT molecular complexity index is 2600. The van der Waals surface area contributed by atoms with Crippen LogP contribution in [0.1, 0.15) is 114 Å². The second-order valence-corrected chi connectivity index (χ2v) is 21.5. The number of thiazole rings is 1. The van der Waals surface area contributed by atoms with Crippen LogP contribution in [0.25, 0.3) is 21.3 Å². The quantitative estimate of drug-likeness (QED) is 0.0527. The van der Waals surface area contributed by atoms with Gasteiger partial charge in [0.1, 0.15) is 41.7 Å². The molecule has 17 heteroatoms. The molecule has 2 aliphatic rings. The number of aliphatic hydroxyl groups excluding tert-OH is 1. The molecule has 0 unspecified atom stereocenters. The Hall–Kier alpha value is -5.33. The number of carbonyl (C=O) groups is 3. The van der Waals surface area contributed by atoms with Crippen molar-refractivity contribution < 1.29 is 46.9 Å². The molecule has 2 aliphatic heterocycles. The summed E-state index contributed by atoms with van der Waals surface area (Å²) < 4.78 is 64.3. The summed E-state index contributed by atoms with van der Waals surface area (Å²) in [6.45, 7) is 14.8. The summed E-state index contributed by atoms with van der Waals surface area (Å²) in [7, 11) is 0. The SMILES string of the molecule is Cc1ncsc1-c1ccc([C@H](C)NC(=O)[C@@H]2C[C@@H](O)CN2C(=O)[C@@H](NC(=O)COCCOCCCCCOc2cc(F)c([C@@H]3c4[nH]c5ccccc5c4C[C@@H](C)N3CC(C)(C)F)c(F)c2)C(C)(C)C)cc1. The number of hydrogen-bond donors (Lipinski definition) is 4. The van der Waals surface area contributed by atoms with Gasteiger partial charge in [0.15, 0.2) is 0 Å². The number of unbranched alkanes of at least 4 members (excludes halogenated alkanes) is 2. The number of likely N-dealkylation sites (tertiary alicyclic amines) is 1. The first-order valence-electron chi connectivity index (χ1n) is 24.6. The van der Waals surface area contributed by atoms with E-state index in [0.717, 1.165) is 44.6 Å². The number of halogens is 3. The fraction of sp³-hybridized carbons (Fsp3) is 0.519. The van der Waals surface area contributed by atoms with Crippen molar-refractivity contribution in [2.75, 3.05) is 46.1 Å². The minimum Gasteiger partial charge on any atom is -0.493 e. The molecule has 7 rings (SSSR count). The van der Waals surface area contributed by atoms with Gasteiger partial charge in [-0.25, -0.2) is 18.2 Å². The molecule has 1 saturated heterocycles. The number of β-amino-alcohol motifs (C(OH)–C–C–N with tert-alkyl or cyclic N) is 1. The van der Waals surface area contributed by atoms with E-state index in [0.29, 0.717) is 31.6 Å². The zero-order valence-electron chi connectivity index (χ0n) is 42.1. The molecule has 6 atom stereocenters. The summed E-state index contributed by atoms with van der Waals surface area (Å²) in [6, 6.07) is 14.7. The van der Waals surface area contributed by atoms with Gasteiger partial charge in [0, 0.05) is 66.5 Å². The predicted octanol–water partition coefficient (Wildman–Crippen LogP) is 8.91. The normalized spacial score (nSPS) is 19.4. The average Bonchev–Trinajstić information content (AvgIpc) is 4.03. The van der Waals surface area contributed by atoms with Crippen LogP contribution in [0.2, 0.25) is 0 Å². The smallest absolute Gasteiger partial charge is 0.246 e. The minimum absolute atomic E-state index is 0.00904. The number of aryl methyl sites for hydroxylation is 1. The lowest BCUT2D eigenvalue weighted by Crippen LogP contribution is -2.58. The van der Waals surface area contributed by atoms with E-state index in [4.69, 9.17) is 14.2 Å². The molecule has 0 radical (unpaired) electrons. The van der Waals surface area contributed by atoms with Crippen molar-refractivity contribution in [2.45, 2.75) is 129 Å². The molecule has 4 N–H and O–H groups in total. The monoisotopic (exact) mass is 1000 g/mol. The molecule has 384 valence electrons. The number of para-hydroxylation sites is 1. The largest absolute Gasteiger partial charge is 0.493 e. The van der Waals surface area contributed by atoms with Crippen molar-refractivity contribution in [3.63, 3.8) is 0 Å². The molecule has 0 aliphatic carbocycles. The third-order valence-corrected chi connectivity index (χ3v) is 14.2. The van der Waals surface area contributed by atoms with E-state index in [1.165, 1.54) is 30.9 Å². The van der Waals surface area contributed by atoms with Crippen LogP contribution in [-0.2, 0) is 30.3 Å². The highest BCUT2D eigenvalue weighted by atomic mass is 32.1. The second-order valence-electron chi connectivity index (χ2n) is 20.7. The van der Waals surface area contributed by atoms with Crippen LogP contribution in [0.3, 0.4) is 0 Å². The highest BCUT2D eigenvalue weighted by Gasteiger charge is 2.45. The summed E-state index contributed by atoms with van der Waals surface area (Å²) in [5.41, 5.74) is 4.72. The van der Waals surface area contributed by atoms with Gasteiger partial charge in [0.05, 0.1) is 54.1 Å². The number of ether oxygens (including phenoxy) is 3. The van der Waals surface area contributed by atoms with Gasteiger partial charge >= 0.3 is 0 Å². The number of H-pyrrole nitrogens is 1. The molecule has 3 amide bonds. The Morgan fingerprint density at radius 1 is 0.944 bits per heavy atom. The summed E-state index contributed by atoms with van der Waals surface area (Å²) in [6.07, 6.45) is 1.82. The van der Waals surface area contributed by atoms with Gasteiger partial charge in [-0.3, -0.25) is 19.3 Å².